The van der Waals surface area contributed by atoms with Gasteiger partial charge in [0.05, 0.1) is 13.7 Å². The van der Waals surface area contributed by atoms with Crippen molar-refractivity contribution < 1.29 is 19.1 Å². The highest BCUT2D eigenvalue weighted by atomic mass is 79.9. The number of hydrogen-bond acceptors (Lipinski definition) is 5. The Kier molecular flexibility index (Phi) is 6.44. The molecule has 1 aliphatic rings. The molecular formula is C20H20BrNO4S. The molecule has 0 saturated carbocycles. The summed E-state index contributed by atoms with van der Waals surface area (Å²) in [6.07, 6.45) is 0. The van der Waals surface area contributed by atoms with E-state index in [-0.39, 0.29) is 23.9 Å². The number of para-hydroxylation sites is 1. The zero-order chi connectivity index (χ0) is 19.4. The third kappa shape index (κ3) is 4.14. The lowest BCUT2D eigenvalue weighted by atomic mass is 10.1. The highest BCUT2D eigenvalue weighted by Gasteiger charge is 2.44. The lowest BCUT2D eigenvalue weighted by molar-refractivity contribution is -0.147. The van der Waals surface area contributed by atoms with Gasteiger partial charge in [0.1, 0.15) is 17.2 Å². The van der Waals surface area contributed by atoms with E-state index < -0.39 is 6.04 Å². The second-order valence-electron chi connectivity index (χ2n) is 5.91. The van der Waals surface area contributed by atoms with Gasteiger partial charge in [-0.15, -0.1) is 11.8 Å². The summed E-state index contributed by atoms with van der Waals surface area (Å²) in [6, 6.07) is 14.0. The first-order valence-corrected chi connectivity index (χ1v) is 10.4. The van der Waals surface area contributed by atoms with E-state index in [1.54, 1.807) is 31.1 Å². The molecule has 0 N–H and O–H groups in total. The number of esters is 1. The number of nitrogens with zero attached hydrogens (tertiary/aromatic N) is 1. The number of thioether (sulfide) groups is 1. The molecule has 1 aliphatic heterocycles. The van der Waals surface area contributed by atoms with Crippen molar-refractivity contribution in [3.05, 3.63) is 64.1 Å². The molecule has 2 aromatic carbocycles. The number of carbonyl (C=O) groups excluding carboxylic acids is 2. The van der Waals surface area contributed by atoms with E-state index in [0.717, 1.165) is 10.0 Å². The van der Waals surface area contributed by atoms with Crippen LogP contribution in [0.4, 0.5) is 0 Å². The Bertz CT molecular complexity index is 827. The zero-order valence-electron chi connectivity index (χ0n) is 15.1. The molecule has 7 heteroatoms. The first-order chi connectivity index (χ1) is 13.1. The molecule has 0 spiro atoms. The quantitative estimate of drug-likeness (QED) is 0.637. The molecule has 27 heavy (non-hydrogen) atoms. The summed E-state index contributed by atoms with van der Waals surface area (Å²) >= 11 is 4.92. The molecule has 1 amide bonds. The van der Waals surface area contributed by atoms with Crippen molar-refractivity contribution in [3.63, 3.8) is 0 Å². The van der Waals surface area contributed by atoms with Gasteiger partial charge in [-0.05, 0) is 37.3 Å². The molecule has 142 valence electrons. The van der Waals surface area contributed by atoms with Crippen LogP contribution >= 0.6 is 27.7 Å². The Balaban J connectivity index is 2.01. The van der Waals surface area contributed by atoms with Gasteiger partial charge in [-0.25, -0.2) is 4.79 Å². The fraction of sp³-hybridized carbons (Fsp3) is 0.300. The fourth-order valence-corrected chi connectivity index (χ4v) is 4.73. The van der Waals surface area contributed by atoms with Crippen LogP contribution in [0.1, 0.15) is 28.2 Å². The predicted molar refractivity (Wildman–Crippen MR) is 109 cm³/mol. The third-order valence-electron chi connectivity index (χ3n) is 4.29. The summed E-state index contributed by atoms with van der Waals surface area (Å²) < 4.78 is 11.6. The number of carbonyl (C=O) groups is 2. The Morgan fingerprint density at radius 3 is 2.56 bits per heavy atom. The lowest BCUT2D eigenvalue weighted by Crippen LogP contribution is -2.43. The van der Waals surface area contributed by atoms with Crippen LogP contribution in [0, 0.1) is 0 Å². The Labute approximate surface area is 171 Å². The minimum atomic E-state index is -0.638. The topological polar surface area (TPSA) is 55.8 Å². The highest BCUT2D eigenvalue weighted by molar-refractivity contribution is 9.10. The Morgan fingerprint density at radius 2 is 1.89 bits per heavy atom. The van der Waals surface area contributed by atoms with Crippen molar-refractivity contribution in [2.75, 3.05) is 19.5 Å². The maximum Gasteiger partial charge on any atom is 0.329 e. The lowest BCUT2D eigenvalue weighted by Gasteiger charge is -2.29. The molecule has 2 aromatic rings. The molecule has 0 aromatic heterocycles. The molecule has 1 heterocycles. The Hall–Kier alpha value is -1.99. The van der Waals surface area contributed by atoms with Crippen molar-refractivity contribution in [1.29, 1.82) is 0 Å². The van der Waals surface area contributed by atoms with Gasteiger partial charge in [-0.3, -0.25) is 4.79 Å². The molecule has 1 saturated heterocycles. The Morgan fingerprint density at radius 1 is 1.19 bits per heavy atom. The fourth-order valence-electron chi connectivity index (χ4n) is 3.03. The average Bonchev–Trinajstić information content (AvgIpc) is 3.13. The zero-order valence-corrected chi connectivity index (χ0v) is 17.5. The summed E-state index contributed by atoms with van der Waals surface area (Å²) in [5, 5.41) is -0.327. The van der Waals surface area contributed by atoms with E-state index >= 15 is 0 Å². The number of halogens is 1. The van der Waals surface area contributed by atoms with Gasteiger partial charge < -0.3 is 14.4 Å². The first-order valence-electron chi connectivity index (χ1n) is 8.56. The van der Waals surface area contributed by atoms with Crippen LogP contribution in [0.2, 0.25) is 0 Å². The first kappa shape index (κ1) is 19.8. The van der Waals surface area contributed by atoms with Crippen LogP contribution in [0.5, 0.6) is 5.75 Å². The van der Waals surface area contributed by atoms with Gasteiger partial charge in [0.15, 0.2) is 0 Å². The number of hydrogen-bond donors (Lipinski definition) is 0. The predicted octanol–water partition coefficient (Wildman–Crippen LogP) is 4.28. The summed E-state index contributed by atoms with van der Waals surface area (Å²) in [7, 11) is 1.60. The molecule has 1 fully saturated rings. The van der Waals surface area contributed by atoms with E-state index in [2.05, 4.69) is 15.9 Å². The van der Waals surface area contributed by atoms with E-state index in [9.17, 15) is 9.59 Å². The number of ether oxygens (including phenoxy) is 2. The number of amides is 1. The molecular weight excluding hydrogens is 430 g/mol. The van der Waals surface area contributed by atoms with Gasteiger partial charge in [0, 0.05) is 21.4 Å². The number of methoxy groups -OCH3 is 1. The van der Waals surface area contributed by atoms with Gasteiger partial charge in [0.2, 0.25) is 0 Å². The van der Waals surface area contributed by atoms with Gasteiger partial charge in [-0.2, -0.15) is 0 Å². The van der Waals surface area contributed by atoms with Crippen LogP contribution in [0.15, 0.2) is 53.0 Å². The SMILES string of the molecule is CCOC(=O)C1CSC(c2ccccc2OC)N1C(=O)c1ccc(Br)cc1. The molecule has 3 rings (SSSR count). The van der Waals surface area contributed by atoms with Crippen molar-refractivity contribution in [1.82, 2.24) is 4.90 Å². The van der Waals surface area contributed by atoms with E-state index in [0.29, 0.717) is 17.1 Å². The summed E-state index contributed by atoms with van der Waals surface area (Å²) in [6.45, 7) is 2.04. The van der Waals surface area contributed by atoms with Gasteiger partial charge in [0.25, 0.3) is 5.91 Å². The standard InChI is InChI=1S/C20H20BrNO4S/c1-3-26-20(24)16-12-27-19(15-6-4-5-7-17(15)25-2)22(16)18(23)13-8-10-14(21)11-9-13/h4-11,16,19H,3,12H2,1-2H3. The highest BCUT2D eigenvalue weighted by Crippen LogP contribution is 2.45. The van der Waals surface area contributed by atoms with Crippen LogP contribution < -0.4 is 4.74 Å². The van der Waals surface area contributed by atoms with Crippen molar-refractivity contribution in [2.24, 2.45) is 0 Å². The maximum atomic E-state index is 13.3. The largest absolute Gasteiger partial charge is 0.496 e. The van der Waals surface area contributed by atoms with Gasteiger partial charge >= 0.3 is 5.97 Å². The summed E-state index contributed by atoms with van der Waals surface area (Å²) in [5.74, 6) is 0.575. The molecule has 2 atom stereocenters. The summed E-state index contributed by atoms with van der Waals surface area (Å²) in [4.78, 5) is 27.4. The monoisotopic (exact) mass is 449 g/mol. The molecule has 0 aliphatic carbocycles. The van der Waals surface area contributed by atoms with Crippen LogP contribution in [0.25, 0.3) is 0 Å². The average molecular weight is 450 g/mol. The molecule has 0 radical (unpaired) electrons. The van der Waals surface area contributed by atoms with Crippen molar-refractivity contribution >= 4 is 39.6 Å². The van der Waals surface area contributed by atoms with Crippen molar-refractivity contribution in [3.8, 4) is 5.75 Å². The van der Waals surface area contributed by atoms with Crippen LogP contribution in [0.3, 0.4) is 0 Å². The maximum absolute atomic E-state index is 13.3. The number of benzene rings is 2. The minimum Gasteiger partial charge on any atom is -0.496 e. The summed E-state index contributed by atoms with van der Waals surface area (Å²) in [5.41, 5.74) is 1.39. The smallest absolute Gasteiger partial charge is 0.329 e. The third-order valence-corrected chi connectivity index (χ3v) is 6.12. The van der Waals surface area contributed by atoms with Crippen LogP contribution in [-0.2, 0) is 9.53 Å². The second kappa shape index (κ2) is 8.80. The molecule has 5 nitrogen and oxygen atoms in total. The van der Waals surface area contributed by atoms with Crippen LogP contribution in [-0.4, -0.2) is 42.3 Å². The number of rotatable bonds is 5. The molecule has 0 bridgehead atoms. The van der Waals surface area contributed by atoms with E-state index in [1.807, 2.05) is 36.4 Å². The minimum absolute atomic E-state index is 0.207. The van der Waals surface area contributed by atoms with E-state index in [4.69, 9.17) is 9.47 Å². The van der Waals surface area contributed by atoms with Crippen molar-refractivity contribution in [2.45, 2.75) is 18.3 Å². The normalized spacial score (nSPS) is 19.0. The molecule has 2 unspecified atom stereocenters. The van der Waals surface area contributed by atoms with E-state index in [1.165, 1.54) is 11.8 Å². The van der Waals surface area contributed by atoms with Gasteiger partial charge in [-0.1, -0.05) is 34.1 Å². The second-order valence-corrected chi connectivity index (χ2v) is 7.94.